The van der Waals surface area contributed by atoms with Crippen molar-refractivity contribution in [3.05, 3.63) is 64.0 Å². The lowest BCUT2D eigenvalue weighted by Crippen LogP contribution is -2.39. The van der Waals surface area contributed by atoms with E-state index in [1.807, 2.05) is 13.8 Å². The van der Waals surface area contributed by atoms with Crippen molar-refractivity contribution < 1.29 is 13.6 Å². The number of aromatic nitrogens is 1. The first-order valence-corrected chi connectivity index (χ1v) is 9.52. The lowest BCUT2D eigenvalue weighted by Gasteiger charge is -2.29. The molecule has 29 heavy (non-hydrogen) atoms. The summed E-state index contributed by atoms with van der Waals surface area (Å²) in [4.78, 5) is 18.6. The number of amides is 2. The van der Waals surface area contributed by atoms with Crippen LogP contribution in [0.4, 0.5) is 19.3 Å². The monoisotopic (exact) mass is 396 g/mol. The highest BCUT2D eigenvalue weighted by molar-refractivity contribution is 5.90. The molecule has 1 saturated heterocycles. The van der Waals surface area contributed by atoms with Crippen LogP contribution in [0.2, 0.25) is 0 Å². The van der Waals surface area contributed by atoms with Gasteiger partial charge >= 0.3 is 6.03 Å². The van der Waals surface area contributed by atoms with E-state index in [2.05, 4.69) is 10.3 Å². The molecule has 1 aromatic carbocycles. The number of likely N-dealkylation sites (tertiary alicyclic amines) is 1. The molecule has 1 aliphatic heterocycles. The molecule has 2 heterocycles. The number of halogens is 2. The summed E-state index contributed by atoms with van der Waals surface area (Å²) in [5.74, 6) is -1.51. The fourth-order valence-corrected chi connectivity index (χ4v) is 3.40. The average molecular weight is 396 g/mol. The van der Waals surface area contributed by atoms with Crippen molar-refractivity contribution in [2.45, 2.75) is 33.1 Å². The fourth-order valence-electron chi connectivity index (χ4n) is 3.40. The van der Waals surface area contributed by atoms with Gasteiger partial charge in [-0.2, -0.15) is 5.26 Å². The van der Waals surface area contributed by atoms with Crippen LogP contribution >= 0.6 is 0 Å². The molecule has 150 valence electrons. The first-order valence-electron chi connectivity index (χ1n) is 9.52. The maximum atomic E-state index is 14.1. The van der Waals surface area contributed by atoms with Crippen LogP contribution in [0.25, 0.3) is 6.08 Å². The number of carbonyl (C=O) groups is 1. The van der Waals surface area contributed by atoms with Crippen LogP contribution in [-0.4, -0.2) is 29.0 Å². The quantitative estimate of drug-likeness (QED) is 0.809. The van der Waals surface area contributed by atoms with Crippen molar-refractivity contribution in [2.75, 3.05) is 18.4 Å². The van der Waals surface area contributed by atoms with E-state index in [-0.39, 0.29) is 17.2 Å². The molecule has 0 saturated carbocycles. The van der Waals surface area contributed by atoms with E-state index in [9.17, 15) is 13.6 Å². The number of nitrogens with one attached hydrogen (secondary N) is 1. The number of aryl methyl sites for hydroxylation is 1. The van der Waals surface area contributed by atoms with E-state index >= 15 is 0 Å². The predicted molar refractivity (Wildman–Crippen MR) is 107 cm³/mol. The molecule has 1 aromatic heterocycles. The Morgan fingerprint density at radius 3 is 2.55 bits per heavy atom. The van der Waals surface area contributed by atoms with E-state index in [1.54, 1.807) is 23.2 Å². The van der Waals surface area contributed by atoms with Gasteiger partial charge in [-0.15, -0.1) is 0 Å². The van der Waals surface area contributed by atoms with Crippen LogP contribution in [0.3, 0.4) is 0 Å². The molecule has 1 aliphatic rings. The molecule has 1 N–H and O–H groups in total. The summed E-state index contributed by atoms with van der Waals surface area (Å²) >= 11 is 0. The minimum Gasteiger partial charge on any atom is -0.324 e. The third-order valence-corrected chi connectivity index (χ3v) is 5.13. The van der Waals surface area contributed by atoms with Gasteiger partial charge in [0.05, 0.1) is 11.6 Å². The van der Waals surface area contributed by atoms with Crippen molar-refractivity contribution in [1.29, 1.82) is 5.26 Å². The first kappa shape index (κ1) is 20.5. The molecule has 0 bridgehead atoms. The van der Waals surface area contributed by atoms with Crippen LogP contribution < -0.4 is 5.32 Å². The van der Waals surface area contributed by atoms with Crippen molar-refractivity contribution in [3.63, 3.8) is 0 Å². The predicted octanol–water partition coefficient (Wildman–Crippen LogP) is 4.81. The standard InChI is InChI=1S/C22H22F2N4O/c1-3-20-14(2)21(4-7-26-20)27-22(29)28-8-5-15(6-9-28)10-17-18(23)11-16(13-25)12-19(17)24/h4,7,10-12H,3,5-6,8-9H2,1-2H3,(H,26,27,29). The van der Waals surface area contributed by atoms with Gasteiger partial charge in [-0.25, -0.2) is 13.6 Å². The highest BCUT2D eigenvalue weighted by Crippen LogP contribution is 2.24. The Morgan fingerprint density at radius 1 is 1.31 bits per heavy atom. The second-order valence-electron chi connectivity index (χ2n) is 6.97. The zero-order chi connectivity index (χ0) is 21.0. The maximum absolute atomic E-state index is 14.1. The minimum atomic E-state index is -0.755. The number of carbonyl (C=O) groups excluding carboxylic acids is 1. The second kappa shape index (κ2) is 8.82. The van der Waals surface area contributed by atoms with Gasteiger partial charge in [-0.1, -0.05) is 12.5 Å². The Bertz CT molecular complexity index is 977. The molecule has 1 fully saturated rings. The number of hydrogen-bond donors (Lipinski definition) is 1. The van der Waals surface area contributed by atoms with Gasteiger partial charge in [0, 0.05) is 36.2 Å². The summed E-state index contributed by atoms with van der Waals surface area (Å²) in [6.45, 7) is 4.86. The summed E-state index contributed by atoms with van der Waals surface area (Å²) in [6, 6.07) is 5.37. The highest BCUT2D eigenvalue weighted by Gasteiger charge is 2.21. The lowest BCUT2D eigenvalue weighted by molar-refractivity contribution is 0.207. The number of hydrogen-bond acceptors (Lipinski definition) is 3. The summed E-state index contributed by atoms with van der Waals surface area (Å²) in [6.07, 6.45) is 5.01. The van der Waals surface area contributed by atoms with Crippen molar-refractivity contribution in [1.82, 2.24) is 9.88 Å². The topological polar surface area (TPSA) is 69.0 Å². The smallest absolute Gasteiger partial charge is 0.321 e. The number of piperidine rings is 1. The van der Waals surface area contributed by atoms with Crippen LogP contribution in [-0.2, 0) is 6.42 Å². The number of nitrogens with zero attached hydrogens (tertiary/aromatic N) is 3. The van der Waals surface area contributed by atoms with Crippen molar-refractivity contribution in [2.24, 2.45) is 0 Å². The molecule has 7 heteroatoms. The number of anilines is 1. The van der Waals surface area contributed by atoms with Crippen molar-refractivity contribution >= 4 is 17.8 Å². The Labute approximate surface area is 168 Å². The normalized spacial score (nSPS) is 13.8. The molecule has 3 rings (SSSR count). The van der Waals surface area contributed by atoms with Crippen molar-refractivity contribution in [3.8, 4) is 6.07 Å². The summed E-state index contributed by atoms with van der Waals surface area (Å²) in [5, 5.41) is 11.7. The average Bonchev–Trinajstić information content (AvgIpc) is 2.72. The third kappa shape index (κ3) is 4.60. The molecule has 5 nitrogen and oxygen atoms in total. The van der Waals surface area contributed by atoms with Crippen LogP contribution in [0.5, 0.6) is 0 Å². The van der Waals surface area contributed by atoms with Crippen LogP contribution in [0.1, 0.15) is 42.1 Å². The van der Waals surface area contributed by atoms with E-state index in [1.165, 1.54) is 6.08 Å². The Balaban J connectivity index is 1.66. The van der Waals surface area contributed by atoms with E-state index in [0.717, 1.165) is 41.1 Å². The molecule has 0 atom stereocenters. The zero-order valence-corrected chi connectivity index (χ0v) is 16.4. The molecule has 0 aliphatic carbocycles. The Kier molecular flexibility index (Phi) is 6.23. The summed E-state index contributed by atoms with van der Waals surface area (Å²) in [7, 11) is 0. The van der Waals surface area contributed by atoms with Crippen LogP contribution in [0, 0.1) is 29.9 Å². The van der Waals surface area contributed by atoms with Gasteiger partial charge in [-0.05, 0) is 56.0 Å². The zero-order valence-electron chi connectivity index (χ0n) is 16.4. The first-order chi connectivity index (χ1) is 13.9. The molecular weight excluding hydrogens is 374 g/mol. The van der Waals surface area contributed by atoms with Gasteiger partial charge in [0.25, 0.3) is 0 Å². The number of benzene rings is 1. The second-order valence-corrected chi connectivity index (χ2v) is 6.97. The van der Waals surface area contributed by atoms with E-state index in [0.29, 0.717) is 25.9 Å². The van der Waals surface area contributed by atoms with E-state index in [4.69, 9.17) is 5.26 Å². The molecule has 0 unspecified atom stereocenters. The van der Waals surface area contributed by atoms with Gasteiger partial charge in [-0.3, -0.25) is 4.98 Å². The number of pyridine rings is 1. The number of urea groups is 1. The Hall–Kier alpha value is -3.27. The lowest BCUT2D eigenvalue weighted by atomic mass is 10.00. The van der Waals surface area contributed by atoms with Crippen LogP contribution in [0.15, 0.2) is 30.0 Å². The SMILES string of the molecule is CCc1nccc(NC(=O)N2CCC(=Cc3c(F)cc(C#N)cc3F)CC2)c1C. The van der Waals surface area contributed by atoms with Gasteiger partial charge in [0.15, 0.2) is 0 Å². The van der Waals surface area contributed by atoms with Gasteiger partial charge in [0.1, 0.15) is 11.6 Å². The summed E-state index contributed by atoms with van der Waals surface area (Å²) in [5.41, 5.74) is 3.31. The Morgan fingerprint density at radius 2 is 1.97 bits per heavy atom. The molecule has 0 radical (unpaired) electrons. The number of nitriles is 1. The van der Waals surface area contributed by atoms with Gasteiger partial charge < -0.3 is 10.2 Å². The highest BCUT2D eigenvalue weighted by atomic mass is 19.1. The number of rotatable bonds is 3. The largest absolute Gasteiger partial charge is 0.324 e. The molecule has 0 spiro atoms. The summed E-state index contributed by atoms with van der Waals surface area (Å²) < 4.78 is 28.2. The molecule has 2 aromatic rings. The minimum absolute atomic E-state index is 0.0497. The molecule has 2 amide bonds. The fraction of sp³-hybridized carbons (Fsp3) is 0.318. The van der Waals surface area contributed by atoms with Gasteiger partial charge in [0.2, 0.25) is 0 Å². The molecular formula is C22H22F2N4O. The third-order valence-electron chi connectivity index (χ3n) is 5.13. The van der Waals surface area contributed by atoms with E-state index < -0.39 is 11.6 Å². The maximum Gasteiger partial charge on any atom is 0.321 e.